The van der Waals surface area contributed by atoms with E-state index in [0.29, 0.717) is 0 Å². The first-order valence-electron chi connectivity index (χ1n) is 4.06. The molecule has 0 bridgehead atoms. The Balaban J connectivity index is 4.71. The molecule has 0 spiro atoms. The molecular weight excluding hydrogens is 268 g/mol. The van der Waals surface area contributed by atoms with Crippen LogP contribution in [0.5, 0.6) is 0 Å². The smallest absolute Gasteiger partial charge is 0.236 e. The highest BCUT2D eigenvalue weighted by Crippen LogP contribution is 2.49. The lowest BCUT2D eigenvalue weighted by molar-refractivity contribution is -0.343. The van der Waals surface area contributed by atoms with Crippen LogP contribution in [0.1, 0.15) is 19.3 Å². The fraction of sp³-hybridized carbons (Fsp3) is 1.00. The average molecular weight is 276 g/mol. The third kappa shape index (κ3) is 3.67. The summed E-state index contributed by atoms with van der Waals surface area (Å²) in [7, 11) is 0. The molecule has 0 heterocycles. The van der Waals surface area contributed by atoms with Gasteiger partial charge in [0, 0.05) is 0 Å². The van der Waals surface area contributed by atoms with Gasteiger partial charge >= 0.3 is 12.4 Å². The Hall–Kier alpha value is -0.210. The van der Waals surface area contributed by atoms with Crippen LogP contribution in [0, 0.1) is 0 Å². The molecule has 1 atom stereocenters. The van der Waals surface area contributed by atoms with Gasteiger partial charge < -0.3 is 0 Å². The summed E-state index contributed by atoms with van der Waals surface area (Å²) in [4.78, 5) is 0. The van der Waals surface area contributed by atoms with E-state index in [9.17, 15) is 35.1 Å². The molecule has 0 saturated heterocycles. The first-order valence-corrected chi connectivity index (χ1v) is 4.58. The van der Waals surface area contributed by atoms with E-state index in [-0.39, 0.29) is 0 Å². The largest absolute Gasteiger partial charge is 0.431 e. The Bertz CT molecular complexity index is 203. The molecule has 0 aliphatic heterocycles. The Morgan fingerprint density at radius 3 is 1.50 bits per heavy atom. The zero-order chi connectivity index (χ0) is 13.2. The minimum atomic E-state index is -6.06. The van der Waals surface area contributed by atoms with Gasteiger partial charge in [-0.2, -0.15) is 26.3 Å². The minimum Gasteiger partial charge on any atom is -0.236 e. The zero-order valence-electron chi connectivity index (χ0n) is 7.67. The molecule has 0 aliphatic rings. The van der Waals surface area contributed by atoms with E-state index in [0.717, 1.165) is 0 Å². The number of hydrogen-bond acceptors (Lipinski definition) is 1. The third-order valence-electron chi connectivity index (χ3n) is 1.86. The number of thiol groups is 1. The van der Waals surface area contributed by atoms with Crippen LogP contribution in [0.2, 0.25) is 0 Å². The number of hydrogen-bond donors (Lipinski definition) is 1. The SMILES string of the molecule is FC(S)CCCC(F)(C(F)(F)F)C(F)(F)F. The minimum absolute atomic E-state index is 0.680. The molecule has 98 valence electrons. The van der Waals surface area contributed by atoms with E-state index in [1.165, 1.54) is 0 Å². The molecule has 9 heteroatoms. The van der Waals surface area contributed by atoms with Crippen LogP contribution in [-0.4, -0.2) is 23.5 Å². The molecule has 0 aromatic rings. The zero-order valence-corrected chi connectivity index (χ0v) is 8.56. The Morgan fingerprint density at radius 2 is 1.25 bits per heavy atom. The molecule has 0 rings (SSSR count). The number of halogens is 8. The van der Waals surface area contributed by atoms with Crippen molar-refractivity contribution in [2.24, 2.45) is 0 Å². The van der Waals surface area contributed by atoms with Gasteiger partial charge in [-0.1, -0.05) is 0 Å². The van der Waals surface area contributed by atoms with Gasteiger partial charge in [0.05, 0.1) is 0 Å². The van der Waals surface area contributed by atoms with E-state index >= 15 is 0 Å². The third-order valence-corrected chi connectivity index (χ3v) is 2.12. The van der Waals surface area contributed by atoms with Crippen molar-refractivity contribution in [3.63, 3.8) is 0 Å². The van der Waals surface area contributed by atoms with Gasteiger partial charge in [-0.15, -0.1) is 12.6 Å². The molecule has 16 heavy (non-hydrogen) atoms. The Labute approximate surface area is 91.4 Å². The summed E-state index contributed by atoms with van der Waals surface area (Å²) in [6.45, 7) is 0. The van der Waals surface area contributed by atoms with Gasteiger partial charge in [0.2, 0.25) is 0 Å². The van der Waals surface area contributed by atoms with E-state index < -0.39 is 42.8 Å². The summed E-state index contributed by atoms with van der Waals surface area (Å²) in [6, 6.07) is 0. The molecule has 0 fully saturated rings. The van der Waals surface area contributed by atoms with Crippen molar-refractivity contribution in [3.05, 3.63) is 0 Å². The first-order chi connectivity index (χ1) is 6.92. The predicted molar refractivity (Wildman–Crippen MR) is 43.7 cm³/mol. The van der Waals surface area contributed by atoms with Crippen molar-refractivity contribution >= 4 is 12.6 Å². The molecule has 0 aromatic heterocycles. The predicted octanol–water partition coefficient (Wildman–Crippen LogP) is 4.22. The van der Waals surface area contributed by atoms with Crippen LogP contribution >= 0.6 is 12.6 Å². The number of rotatable bonds is 4. The number of alkyl halides is 8. The molecular formula is C7H8F8S. The highest BCUT2D eigenvalue weighted by atomic mass is 32.1. The van der Waals surface area contributed by atoms with Crippen molar-refractivity contribution in [2.45, 2.75) is 42.8 Å². The van der Waals surface area contributed by atoms with Crippen molar-refractivity contribution < 1.29 is 35.1 Å². The molecule has 0 aliphatic carbocycles. The van der Waals surface area contributed by atoms with Crippen LogP contribution in [0.15, 0.2) is 0 Å². The highest BCUT2D eigenvalue weighted by molar-refractivity contribution is 7.80. The lowest BCUT2D eigenvalue weighted by Crippen LogP contribution is -2.53. The van der Waals surface area contributed by atoms with Gasteiger partial charge in [0.25, 0.3) is 5.67 Å². The summed E-state index contributed by atoms with van der Waals surface area (Å²) in [5.41, 5.74) is -7.16. The van der Waals surface area contributed by atoms with E-state index in [2.05, 4.69) is 12.6 Å². The van der Waals surface area contributed by atoms with Crippen LogP contribution in [0.25, 0.3) is 0 Å². The van der Waals surface area contributed by atoms with Crippen molar-refractivity contribution in [1.82, 2.24) is 0 Å². The maximum atomic E-state index is 12.9. The second kappa shape index (κ2) is 4.97. The fourth-order valence-corrected chi connectivity index (χ4v) is 1.14. The molecule has 0 nitrogen and oxygen atoms in total. The van der Waals surface area contributed by atoms with Gasteiger partial charge in [0.15, 0.2) is 0 Å². The van der Waals surface area contributed by atoms with E-state index in [1.54, 1.807) is 0 Å². The molecule has 0 N–H and O–H groups in total. The summed E-state index contributed by atoms with van der Waals surface area (Å²) in [5, 5.41) is 0. The van der Waals surface area contributed by atoms with Crippen LogP contribution in [0.3, 0.4) is 0 Å². The maximum Gasteiger partial charge on any atom is 0.431 e. The fourth-order valence-electron chi connectivity index (χ4n) is 0.958. The lowest BCUT2D eigenvalue weighted by atomic mass is 9.97. The first kappa shape index (κ1) is 15.8. The quantitative estimate of drug-likeness (QED) is 0.577. The maximum absolute atomic E-state index is 12.9. The average Bonchev–Trinajstić information content (AvgIpc) is 1.98. The second-order valence-corrected chi connectivity index (χ2v) is 3.68. The van der Waals surface area contributed by atoms with E-state index in [1.807, 2.05) is 0 Å². The Morgan fingerprint density at radius 1 is 0.875 bits per heavy atom. The molecule has 1 unspecified atom stereocenters. The van der Waals surface area contributed by atoms with Crippen molar-refractivity contribution in [3.8, 4) is 0 Å². The Kier molecular flexibility index (Phi) is 4.90. The molecule has 0 amide bonds. The summed E-state index contributed by atoms with van der Waals surface area (Å²) in [6.07, 6.45) is -15.6. The summed E-state index contributed by atoms with van der Waals surface area (Å²) in [5.74, 6) is 0. The van der Waals surface area contributed by atoms with Gasteiger partial charge in [0.1, 0.15) is 5.50 Å². The van der Waals surface area contributed by atoms with Gasteiger partial charge in [-0.3, -0.25) is 0 Å². The summed E-state index contributed by atoms with van der Waals surface area (Å²) >= 11 is 3.12. The molecule has 0 aromatic carbocycles. The van der Waals surface area contributed by atoms with Gasteiger partial charge in [-0.25, -0.2) is 8.78 Å². The molecule has 0 radical (unpaired) electrons. The van der Waals surface area contributed by atoms with E-state index in [4.69, 9.17) is 0 Å². The van der Waals surface area contributed by atoms with Crippen molar-refractivity contribution in [1.29, 1.82) is 0 Å². The normalized spacial score (nSPS) is 16.3. The van der Waals surface area contributed by atoms with Crippen molar-refractivity contribution in [2.75, 3.05) is 0 Å². The standard InChI is InChI=1S/C7H8F8S/c8-4(16)2-1-3-5(9,6(10,11)12)7(13,14)15/h4,16H,1-3H2. The van der Waals surface area contributed by atoms with Gasteiger partial charge in [-0.05, 0) is 19.3 Å². The monoisotopic (exact) mass is 276 g/mol. The summed E-state index contributed by atoms with van der Waals surface area (Å²) < 4.78 is 96.4. The van der Waals surface area contributed by atoms with Crippen LogP contribution in [0.4, 0.5) is 35.1 Å². The lowest BCUT2D eigenvalue weighted by Gasteiger charge is -2.29. The highest BCUT2D eigenvalue weighted by Gasteiger charge is 2.71. The van der Waals surface area contributed by atoms with Crippen LogP contribution in [-0.2, 0) is 0 Å². The topological polar surface area (TPSA) is 0 Å². The van der Waals surface area contributed by atoms with Crippen LogP contribution < -0.4 is 0 Å². The second-order valence-electron chi connectivity index (χ2n) is 3.12. The molecule has 0 saturated carbocycles.